The first-order valence-electron chi connectivity index (χ1n) is 5.61. The summed E-state index contributed by atoms with van der Waals surface area (Å²) >= 11 is 0. The van der Waals surface area contributed by atoms with Crippen LogP contribution in [0.1, 0.15) is 39.6 Å². The highest BCUT2D eigenvalue weighted by molar-refractivity contribution is 6.24. The molecule has 0 bridgehead atoms. The molecule has 1 aliphatic carbocycles. The van der Waals surface area contributed by atoms with E-state index in [-0.39, 0.29) is 18.0 Å². The SMILES string of the molecule is CC1=CC(=O)c2ccc(CCC(=O)O)cc2C1=O. The Kier molecular flexibility index (Phi) is 3.10. The highest BCUT2D eigenvalue weighted by Crippen LogP contribution is 2.22. The van der Waals surface area contributed by atoms with Crippen molar-refractivity contribution in [1.29, 1.82) is 0 Å². The fourth-order valence-electron chi connectivity index (χ4n) is 1.95. The molecule has 0 aromatic heterocycles. The molecule has 1 aromatic carbocycles. The lowest BCUT2D eigenvalue weighted by Gasteiger charge is -2.13. The second-order valence-electron chi connectivity index (χ2n) is 4.29. The monoisotopic (exact) mass is 244 g/mol. The number of rotatable bonds is 3. The number of hydrogen-bond acceptors (Lipinski definition) is 3. The molecule has 0 atom stereocenters. The van der Waals surface area contributed by atoms with Crippen molar-refractivity contribution in [2.75, 3.05) is 0 Å². The third-order valence-corrected chi connectivity index (χ3v) is 2.93. The first-order chi connectivity index (χ1) is 8.49. The fourth-order valence-corrected chi connectivity index (χ4v) is 1.95. The third kappa shape index (κ3) is 2.22. The minimum Gasteiger partial charge on any atom is -0.481 e. The van der Waals surface area contributed by atoms with Crippen molar-refractivity contribution in [3.8, 4) is 0 Å². The zero-order valence-electron chi connectivity index (χ0n) is 9.90. The average Bonchev–Trinajstić information content (AvgIpc) is 2.33. The van der Waals surface area contributed by atoms with Crippen LogP contribution in [0.3, 0.4) is 0 Å². The molecule has 0 radical (unpaired) electrons. The molecule has 1 aliphatic rings. The van der Waals surface area contributed by atoms with E-state index in [1.54, 1.807) is 25.1 Å². The molecule has 0 aliphatic heterocycles. The molecular weight excluding hydrogens is 232 g/mol. The Hall–Kier alpha value is -2.23. The topological polar surface area (TPSA) is 71.4 Å². The summed E-state index contributed by atoms with van der Waals surface area (Å²) in [6.45, 7) is 1.60. The molecule has 0 unspecified atom stereocenters. The predicted molar refractivity (Wildman–Crippen MR) is 64.8 cm³/mol. The maximum atomic E-state index is 11.9. The third-order valence-electron chi connectivity index (χ3n) is 2.93. The highest BCUT2D eigenvalue weighted by atomic mass is 16.4. The van der Waals surface area contributed by atoms with E-state index < -0.39 is 5.97 Å². The second-order valence-corrected chi connectivity index (χ2v) is 4.29. The van der Waals surface area contributed by atoms with Crippen LogP contribution in [0.2, 0.25) is 0 Å². The Labute approximate surface area is 104 Å². The minimum absolute atomic E-state index is 0.00967. The van der Waals surface area contributed by atoms with E-state index in [9.17, 15) is 14.4 Å². The van der Waals surface area contributed by atoms with Crippen molar-refractivity contribution in [2.24, 2.45) is 0 Å². The van der Waals surface area contributed by atoms with E-state index in [4.69, 9.17) is 5.11 Å². The summed E-state index contributed by atoms with van der Waals surface area (Å²) in [6.07, 6.45) is 1.70. The summed E-state index contributed by atoms with van der Waals surface area (Å²) in [5.74, 6) is -1.22. The average molecular weight is 244 g/mol. The van der Waals surface area contributed by atoms with Crippen LogP contribution in [0.25, 0.3) is 0 Å². The molecule has 92 valence electrons. The maximum absolute atomic E-state index is 11.9. The largest absolute Gasteiger partial charge is 0.481 e. The van der Waals surface area contributed by atoms with E-state index in [1.165, 1.54) is 6.08 Å². The van der Waals surface area contributed by atoms with E-state index >= 15 is 0 Å². The minimum atomic E-state index is -0.883. The summed E-state index contributed by atoms with van der Waals surface area (Å²) in [6, 6.07) is 4.91. The smallest absolute Gasteiger partial charge is 0.303 e. The van der Waals surface area contributed by atoms with Crippen LogP contribution in [0, 0.1) is 0 Å². The number of carboxylic acids is 1. The number of fused-ring (bicyclic) bond motifs is 1. The Morgan fingerprint density at radius 2 is 1.94 bits per heavy atom. The molecule has 4 nitrogen and oxygen atoms in total. The summed E-state index contributed by atoms with van der Waals surface area (Å²) in [5, 5.41) is 8.62. The van der Waals surface area contributed by atoms with Gasteiger partial charge in [-0.3, -0.25) is 14.4 Å². The molecule has 1 N–H and O–H groups in total. The first-order valence-corrected chi connectivity index (χ1v) is 5.61. The number of Topliss-reactive ketones (excluding diaryl/α,β-unsaturated/α-hetero) is 1. The zero-order valence-corrected chi connectivity index (χ0v) is 9.90. The van der Waals surface area contributed by atoms with Crippen molar-refractivity contribution >= 4 is 17.5 Å². The van der Waals surface area contributed by atoms with Crippen molar-refractivity contribution in [3.63, 3.8) is 0 Å². The standard InChI is InChI=1S/C14H12O4/c1-8-6-12(15)10-4-2-9(3-5-13(16)17)7-11(10)14(8)18/h2,4,6-7H,3,5H2,1H3,(H,16,17). The number of ketones is 2. The van der Waals surface area contributed by atoms with Crippen molar-refractivity contribution in [3.05, 3.63) is 46.5 Å². The normalized spacial score (nSPS) is 14.2. The van der Waals surface area contributed by atoms with Crippen LogP contribution >= 0.6 is 0 Å². The zero-order chi connectivity index (χ0) is 13.3. The van der Waals surface area contributed by atoms with E-state index in [0.717, 1.165) is 5.56 Å². The predicted octanol–water partition coefficient (Wildman–Crippen LogP) is 2.03. The number of hydrogen-bond donors (Lipinski definition) is 1. The molecule has 0 fully saturated rings. The number of allylic oxidation sites excluding steroid dienone is 2. The highest BCUT2D eigenvalue weighted by Gasteiger charge is 2.23. The van der Waals surface area contributed by atoms with Crippen LogP contribution in [-0.4, -0.2) is 22.6 Å². The van der Waals surface area contributed by atoms with Crippen LogP contribution in [0.4, 0.5) is 0 Å². The van der Waals surface area contributed by atoms with Gasteiger partial charge >= 0.3 is 5.97 Å². The van der Waals surface area contributed by atoms with Crippen LogP contribution in [0.15, 0.2) is 29.8 Å². The second kappa shape index (κ2) is 4.56. The van der Waals surface area contributed by atoms with Gasteiger partial charge in [0, 0.05) is 23.1 Å². The Balaban J connectivity index is 2.36. The van der Waals surface area contributed by atoms with Crippen LogP contribution < -0.4 is 0 Å². The molecule has 0 saturated heterocycles. The number of aryl methyl sites for hydroxylation is 1. The quantitative estimate of drug-likeness (QED) is 0.883. The molecular formula is C14H12O4. The number of carboxylic acid groups (broad SMARTS) is 1. The lowest BCUT2D eigenvalue weighted by molar-refractivity contribution is -0.136. The van der Waals surface area contributed by atoms with Gasteiger partial charge in [0.1, 0.15) is 0 Å². The first kappa shape index (κ1) is 12.2. The van der Waals surface area contributed by atoms with Gasteiger partial charge < -0.3 is 5.11 Å². The summed E-state index contributed by atoms with van der Waals surface area (Å²) < 4.78 is 0. The van der Waals surface area contributed by atoms with Gasteiger partial charge in [-0.05, 0) is 31.1 Å². The Bertz CT molecular complexity index is 581. The Morgan fingerprint density at radius 1 is 1.22 bits per heavy atom. The van der Waals surface area contributed by atoms with Gasteiger partial charge in [0.2, 0.25) is 0 Å². The van der Waals surface area contributed by atoms with E-state index in [2.05, 4.69) is 0 Å². The van der Waals surface area contributed by atoms with Crippen LogP contribution in [-0.2, 0) is 11.2 Å². The van der Waals surface area contributed by atoms with Gasteiger partial charge in [0.05, 0.1) is 0 Å². The van der Waals surface area contributed by atoms with Gasteiger partial charge in [-0.15, -0.1) is 0 Å². The van der Waals surface area contributed by atoms with E-state index in [0.29, 0.717) is 23.1 Å². The van der Waals surface area contributed by atoms with Gasteiger partial charge in [0.25, 0.3) is 0 Å². The molecule has 1 aromatic rings. The van der Waals surface area contributed by atoms with Crippen LogP contribution in [0.5, 0.6) is 0 Å². The fraction of sp³-hybridized carbons (Fsp3) is 0.214. The van der Waals surface area contributed by atoms with Gasteiger partial charge in [0.15, 0.2) is 11.6 Å². The number of benzene rings is 1. The van der Waals surface area contributed by atoms with Crippen molar-refractivity contribution in [2.45, 2.75) is 19.8 Å². The number of carbonyl (C=O) groups is 3. The molecule has 0 spiro atoms. The van der Waals surface area contributed by atoms with E-state index in [1.807, 2.05) is 0 Å². The molecule has 2 rings (SSSR count). The van der Waals surface area contributed by atoms with Gasteiger partial charge in [-0.25, -0.2) is 0 Å². The van der Waals surface area contributed by atoms with Crippen molar-refractivity contribution in [1.82, 2.24) is 0 Å². The summed E-state index contributed by atoms with van der Waals surface area (Å²) in [7, 11) is 0. The Morgan fingerprint density at radius 3 is 2.61 bits per heavy atom. The summed E-state index contributed by atoms with van der Waals surface area (Å²) in [5.41, 5.74) is 1.95. The van der Waals surface area contributed by atoms with Gasteiger partial charge in [-0.1, -0.05) is 12.1 Å². The molecule has 0 saturated carbocycles. The molecule has 0 heterocycles. The number of carbonyl (C=O) groups excluding carboxylic acids is 2. The molecule has 0 amide bonds. The maximum Gasteiger partial charge on any atom is 0.303 e. The summed E-state index contributed by atoms with van der Waals surface area (Å²) in [4.78, 5) is 34.1. The number of aliphatic carboxylic acids is 1. The lowest BCUT2D eigenvalue weighted by atomic mass is 9.88. The van der Waals surface area contributed by atoms with Gasteiger partial charge in [-0.2, -0.15) is 0 Å². The van der Waals surface area contributed by atoms with Crippen molar-refractivity contribution < 1.29 is 19.5 Å². The molecule has 18 heavy (non-hydrogen) atoms. The lowest BCUT2D eigenvalue weighted by Crippen LogP contribution is -2.16. The molecule has 4 heteroatoms.